The van der Waals surface area contributed by atoms with Crippen LogP contribution in [-0.2, 0) is 4.79 Å². The fraction of sp³-hybridized carbons (Fsp3) is 0.750. The molecule has 0 aliphatic heterocycles. The first-order chi connectivity index (χ1) is 5.70. The highest BCUT2D eigenvalue weighted by Crippen LogP contribution is 2.23. The van der Waals surface area contributed by atoms with Crippen molar-refractivity contribution < 1.29 is 9.59 Å². The summed E-state index contributed by atoms with van der Waals surface area (Å²) in [6, 6.07) is 0. The molecular weight excluding hydrogens is 269 g/mol. The van der Waals surface area contributed by atoms with Crippen LogP contribution in [0.4, 0.5) is 4.79 Å². The molecule has 1 saturated carbocycles. The minimum Gasteiger partial charge on any atom is -0.287 e. The van der Waals surface area contributed by atoms with E-state index in [1.165, 1.54) is 6.42 Å². The van der Waals surface area contributed by atoms with E-state index in [-0.39, 0.29) is 15.7 Å². The summed E-state index contributed by atoms with van der Waals surface area (Å²) in [6.07, 6.45) is 5.34. The van der Waals surface area contributed by atoms with Crippen LogP contribution in [0.1, 0.15) is 32.1 Å². The van der Waals surface area contributed by atoms with Gasteiger partial charge in [-0.2, -0.15) is 0 Å². The molecule has 0 aromatic rings. The Morgan fingerprint density at radius 3 is 2.25 bits per heavy atom. The Labute approximate surface area is 85.4 Å². The highest BCUT2D eigenvalue weighted by molar-refractivity contribution is 14.1. The quantitative estimate of drug-likeness (QED) is 0.455. The van der Waals surface area contributed by atoms with Crippen LogP contribution >= 0.6 is 22.6 Å². The SMILES string of the molecule is O=C(I)NC(=O)C1CCCCC1. The fourth-order valence-corrected chi connectivity index (χ4v) is 1.83. The van der Waals surface area contributed by atoms with Gasteiger partial charge in [-0.25, -0.2) is 0 Å². The van der Waals surface area contributed by atoms with E-state index >= 15 is 0 Å². The van der Waals surface area contributed by atoms with Crippen molar-refractivity contribution in [1.82, 2.24) is 5.32 Å². The molecule has 0 aromatic heterocycles. The normalized spacial score (nSPS) is 18.8. The summed E-state index contributed by atoms with van der Waals surface area (Å²) < 4.78 is -0.275. The number of hydrogen-bond donors (Lipinski definition) is 1. The number of halogens is 1. The Morgan fingerprint density at radius 2 is 1.75 bits per heavy atom. The van der Waals surface area contributed by atoms with Gasteiger partial charge >= 0.3 is 0 Å². The van der Waals surface area contributed by atoms with Crippen molar-refractivity contribution in [2.75, 3.05) is 0 Å². The molecule has 12 heavy (non-hydrogen) atoms. The zero-order valence-electron chi connectivity index (χ0n) is 6.81. The number of imide groups is 1. The molecule has 1 rings (SSSR count). The maximum Gasteiger partial charge on any atom is 0.287 e. The minimum absolute atomic E-state index is 0.0810. The van der Waals surface area contributed by atoms with Gasteiger partial charge in [-0.15, -0.1) is 0 Å². The van der Waals surface area contributed by atoms with Gasteiger partial charge in [0, 0.05) is 28.5 Å². The molecule has 0 bridgehead atoms. The van der Waals surface area contributed by atoms with Crippen molar-refractivity contribution >= 4 is 32.4 Å². The molecule has 4 heteroatoms. The predicted molar refractivity (Wildman–Crippen MR) is 54.1 cm³/mol. The van der Waals surface area contributed by atoms with Gasteiger partial charge in [0.25, 0.3) is 3.91 Å². The van der Waals surface area contributed by atoms with Gasteiger partial charge in [0.15, 0.2) is 0 Å². The summed E-state index contributed by atoms with van der Waals surface area (Å²) in [7, 11) is 0. The van der Waals surface area contributed by atoms with Gasteiger partial charge in [0.2, 0.25) is 5.91 Å². The van der Waals surface area contributed by atoms with Gasteiger partial charge in [-0.3, -0.25) is 14.9 Å². The lowest BCUT2D eigenvalue weighted by Crippen LogP contribution is -2.33. The Balaban J connectivity index is 2.34. The lowest BCUT2D eigenvalue weighted by molar-refractivity contribution is -0.124. The lowest BCUT2D eigenvalue weighted by atomic mass is 9.89. The number of carbonyl (C=O) groups is 2. The van der Waals surface area contributed by atoms with Crippen LogP contribution in [0.25, 0.3) is 0 Å². The van der Waals surface area contributed by atoms with Crippen LogP contribution in [-0.4, -0.2) is 9.82 Å². The number of rotatable bonds is 1. The first-order valence-corrected chi connectivity index (χ1v) is 5.28. The monoisotopic (exact) mass is 281 g/mol. The van der Waals surface area contributed by atoms with E-state index in [4.69, 9.17) is 0 Å². The van der Waals surface area contributed by atoms with Gasteiger partial charge in [0.1, 0.15) is 0 Å². The topological polar surface area (TPSA) is 46.2 Å². The second-order valence-corrected chi connectivity index (χ2v) is 4.08. The summed E-state index contributed by atoms with van der Waals surface area (Å²) in [5, 5.41) is 2.32. The Morgan fingerprint density at radius 1 is 1.17 bits per heavy atom. The summed E-state index contributed by atoms with van der Waals surface area (Å²) in [4.78, 5) is 21.8. The molecule has 0 heterocycles. The Bertz CT molecular complexity index is 187. The Kier molecular flexibility index (Phi) is 3.97. The van der Waals surface area contributed by atoms with E-state index in [9.17, 15) is 9.59 Å². The third-order valence-electron chi connectivity index (χ3n) is 2.20. The summed E-state index contributed by atoms with van der Waals surface area (Å²) in [6.45, 7) is 0. The smallest absolute Gasteiger partial charge is 0.287 e. The molecule has 0 unspecified atom stereocenters. The van der Waals surface area contributed by atoms with Crippen molar-refractivity contribution in [3.05, 3.63) is 0 Å². The molecule has 0 radical (unpaired) electrons. The van der Waals surface area contributed by atoms with Crippen molar-refractivity contribution in [2.24, 2.45) is 5.92 Å². The summed E-state index contributed by atoms with van der Waals surface area (Å²) >= 11 is 1.58. The van der Waals surface area contributed by atoms with Gasteiger partial charge in [-0.05, 0) is 12.8 Å². The second-order valence-electron chi connectivity index (χ2n) is 3.10. The minimum atomic E-state index is -0.275. The van der Waals surface area contributed by atoms with Gasteiger partial charge in [0.05, 0.1) is 0 Å². The average Bonchev–Trinajstić information content (AvgIpc) is 2.05. The van der Waals surface area contributed by atoms with Crippen LogP contribution in [0, 0.1) is 5.92 Å². The van der Waals surface area contributed by atoms with Gasteiger partial charge < -0.3 is 0 Å². The van der Waals surface area contributed by atoms with Crippen LogP contribution in [0.15, 0.2) is 0 Å². The molecule has 1 aliphatic rings. The van der Waals surface area contributed by atoms with Crippen molar-refractivity contribution in [2.45, 2.75) is 32.1 Å². The van der Waals surface area contributed by atoms with E-state index in [0.29, 0.717) is 0 Å². The zero-order valence-corrected chi connectivity index (χ0v) is 8.96. The molecular formula is C8H12INO2. The third kappa shape index (κ3) is 3.08. The molecule has 1 fully saturated rings. The van der Waals surface area contributed by atoms with Crippen LogP contribution < -0.4 is 5.32 Å². The molecule has 1 N–H and O–H groups in total. The first-order valence-electron chi connectivity index (χ1n) is 4.20. The molecule has 1 aliphatic carbocycles. The van der Waals surface area contributed by atoms with Crippen molar-refractivity contribution in [3.8, 4) is 0 Å². The van der Waals surface area contributed by atoms with Crippen molar-refractivity contribution in [1.29, 1.82) is 0 Å². The number of nitrogens with one attached hydrogen (secondary N) is 1. The maximum atomic E-state index is 11.3. The molecule has 3 nitrogen and oxygen atoms in total. The largest absolute Gasteiger partial charge is 0.287 e. The number of hydrogen-bond acceptors (Lipinski definition) is 2. The van der Waals surface area contributed by atoms with E-state index in [1.807, 2.05) is 0 Å². The molecule has 0 spiro atoms. The second kappa shape index (κ2) is 4.79. The van der Waals surface area contributed by atoms with Crippen LogP contribution in [0.2, 0.25) is 0 Å². The lowest BCUT2D eigenvalue weighted by Gasteiger charge is -2.19. The van der Waals surface area contributed by atoms with E-state index in [0.717, 1.165) is 25.7 Å². The highest BCUT2D eigenvalue weighted by atomic mass is 127. The highest BCUT2D eigenvalue weighted by Gasteiger charge is 2.21. The summed E-state index contributed by atoms with van der Waals surface area (Å²) in [5.41, 5.74) is 0. The molecule has 0 atom stereocenters. The first kappa shape index (κ1) is 9.95. The van der Waals surface area contributed by atoms with Crippen LogP contribution in [0.3, 0.4) is 0 Å². The Hall–Kier alpha value is -0.130. The third-order valence-corrected chi connectivity index (χ3v) is 2.47. The average molecular weight is 281 g/mol. The molecule has 0 saturated heterocycles. The number of amides is 2. The summed E-state index contributed by atoms with van der Waals surface area (Å²) in [5.74, 6) is -0.00781. The number of carbonyl (C=O) groups excluding carboxylic acids is 2. The van der Waals surface area contributed by atoms with Gasteiger partial charge in [-0.1, -0.05) is 19.3 Å². The molecule has 2 amide bonds. The maximum absolute atomic E-state index is 11.3. The van der Waals surface area contributed by atoms with E-state index in [1.54, 1.807) is 22.6 Å². The van der Waals surface area contributed by atoms with E-state index < -0.39 is 0 Å². The predicted octanol–water partition coefficient (Wildman–Crippen LogP) is 2.24. The van der Waals surface area contributed by atoms with Crippen LogP contribution in [0.5, 0.6) is 0 Å². The molecule has 68 valence electrons. The standard InChI is InChI=1S/C8H12INO2/c9-8(12)10-7(11)6-4-2-1-3-5-6/h6H,1-5H2,(H,10,11,12). The van der Waals surface area contributed by atoms with E-state index in [2.05, 4.69) is 5.32 Å². The zero-order chi connectivity index (χ0) is 8.97. The molecule has 0 aromatic carbocycles. The van der Waals surface area contributed by atoms with Crippen molar-refractivity contribution in [3.63, 3.8) is 0 Å². The fourth-order valence-electron chi connectivity index (χ4n) is 1.56.